The standard InChI is InChI=1S/C11H17NO2/c1-9(11-3-2-6-14-11)12-5-4-10(7-12)8-13/h2-3,6,9-10,13H,4-5,7-8H2,1H3/t9-,10-/m0/s1. The SMILES string of the molecule is C[C@@H](c1ccco1)N1CC[C@H](CO)C1. The first-order valence-corrected chi connectivity index (χ1v) is 5.19. The summed E-state index contributed by atoms with van der Waals surface area (Å²) in [7, 11) is 0. The van der Waals surface area contributed by atoms with Crippen molar-refractivity contribution < 1.29 is 9.52 Å². The minimum absolute atomic E-state index is 0.307. The van der Waals surface area contributed by atoms with E-state index in [0.717, 1.165) is 25.3 Å². The topological polar surface area (TPSA) is 36.6 Å². The Morgan fingerprint density at radius 2 is 2.57 bits per heavy atom. The van der Waals surface area contributed by atoms with E-state index in [-0.39, 0.29) is 0 Å². The molecule has 1 aliphatic rings. The van der Waals surface area contributed by atoms with Crippen molar-refractivity contribution in [2.24, 2.45) is 5.92 Å². The van der Waals surface area contributed by atoms with Crippen molar-refractivity contribution in [3.63, 3.8) is 0 Å². The third-order valence-electron chi connectivity index (χ3n) is 3.08. The van der Waals surface area contributed by atoms with Crippen LogP contribution in [0.25, 0.3) is 0 Å². The van der Waals surface area contributed by atoms with Crippen molar-refractivity contribution in [3.05, 3.63) is 24.2 Å². The van der Waals surface area contributed by atoms with E-state index in [9.17, 15) is 0 Å². The molecular weight excluding hydrogens is 178 g/mol. The Bertz CT molecular complexity index is 271. The molecule has 1 aromatic rings. The average Bonchev–Trinajstić information content (AvgIpc) is 2.88. The highest BCUT2D eigenvalue weighted by atomic mass is 16.3. The van der Waals surface area contributed by atoms with Gasteiger partial charge in [-0.3, -0.25) is 4.90 Å². The van der Waals surface area contributed by atoms with E-state index in [0.29, 0.717) is 18.6 Å². The van der Waals surface area contributed by atoms with Crippen LogP contribution in [-0.4, -0.2) is 29.7 Å². The van der Waals surface area contributed by atoms with Gasteiger partial charge in [0.15, 0.2) is 0 Å². The molecule has 0 radical (unpaired) electrons. The quantitative estimate of drug-likeness (QED) is 0.796. The Hall–Kier alpha value is -0.800. The third kappa shape index (κ3) is 1.83. The van der Waals surface area contributed by atoms with Crippen molar-refractivity contribution in [1.29, 1.82) is 0 Å². The largest absolute Gasteiger partial charge is 0.468 e. The van der Waals surface area contributed by atoms with Gasteiger partial charge >= 0.3 is 0 Å². The van der Waals surface area contributed by atoms with Crippen LogP contribution in [0.4, 0.5) is 0 Å². The van der Waals surface area contributed by atoms with E-state index in [2.05, 4.69) is 11.8 Å². The van der Waals surface area contributed by atoms with Crippen molar-refractivity contribution >= 4 is 0 Å². The summed E-state index contributed by atoms with van der Waals surface area (Å²) in [5, 5.41) is 9.05. The van der Waals surface area contributed by atoms with Crippen LogP contribution in [0.15, 0.2) is 22.8 Å². The number of aliphatic hydroxyl groups is 1. The fraction of sp³-hybridized carbons (Fsp3) is 0.636. The monoisotopic (exact) mass is 195 g/mol. The zero-order valence-electron chi connectivity index (χ0n) is 8.52. The summed E-state index contributed by atoms with van der Waals surface area (Å²) in [4.78, 5) is 2.36. The van der Waals surface area contributed by atoms with Crippen LogP contribution in [0.1, 0.15) is 25.1 Å². The molecule has 1 N–H and O–H groups in total. The van der Waals surface area contributed by atoms with Crippen molar-refractivity contribution in [1.82, 2.24) is 4.90 Å². The van der Waals surface area contributed by atoms with Gasteiger partial charge < -0.3 is 9.52 Å². The van der Waals surface area contributed by atoms with Crippen LogP contribution >= 0.6 is 0 Å². The van der Waals surface area contributed by atoms with Gasteiger partial charge in [0.1, 0.15) is 5.76 Å². The van der Waals surface area contributed by atoms with Gasteiger partial charge in [0, 0.05) is 13.2 Å². The maximum absolute atomic E-state index is 9.05. The molecule has 0 bridgehead atoms. The molecule has 3 nitrogen and oxygen atoms in total. The van der Waals surface area contributed by atoms with E-state index in [4.69, 9.17) is 9.52 Å². The van der Waals surface area contributed by atoms with Gasteiger partial charge in [-0.05, 0) is 37.9 Å². The molecule has 78 valence electrons. The fourth-order valence-electron chi connectivity index (χ4n) is 2.07. The second-order valence-corrected chi connectivity index (χ2v) is 4.02. The summed E-state index contributed by atoms with van der Waals surface area (Å²) in [6, 6.07) is 4.27. The van der Waals surface area contributed by atoms with Crippen LogP contribution in [0.5, 0.6) is 0 Å². The molecule has 2 rings (SSSR count). The molecule has 1 saturated heterocycles. The van der Waals surface area contributed by atoms with Crippen molar-refractivity contribution in [2.75, 3.05) is 19.7 Å². The lowest BCUT2D eigenvalue weighted by Gasteiger charge is -2.22. The Morgan fingerprint density at radius 3 is 3.14 bits per heavy atom. The summed E-state index contributed by atoms with van der Waals surface area (Å²) in [6.45, 7) is 4.51. The van der Waals surface area contributed by atoms with E-state index in [1.807, 2.05) is 12.1 Å². The van der Waals surface area contributed by atoms with E-state index >= 15 is 0 Å². The van der Waals surface area contributed by atoms with Gasteiger partial charge in [0.05, 0.1) is 12.3 Å². The molecular formula is C11H17NO2. The molecule has 0 saturated carbocycles. The predicted molar refractivity (Wildman–Crippen MR) is 53.9 cm³/mol. The number of nitrogens with zero attached hydrogens (tertiary/aromatic N) is 1. The summed E-state index contributed by atoms with van der Waals surface area (Å²) < 4.78 is 5.37. The first-order valence-electron chi connectivity index (χ1n) is 5.19. The first kappa shape index (κ1) is 9.74. The predicted octanol–water partition coefficient (Wildman–Crippen LogP) is 1.65. The van der Waals surface area contributed by atoms with Gasteiger partial charge in [-0.25, -0.2) is 0 Å². The number of rotatable bonds is 3. The molecule has 1 aliphatic heterocycles. The molecule has 1 aromatic heterocycles. The number of furan rings is 1. The normalized spacial score (nSPS) is 25.4. The zero-order valence-corrected chi connectivity index (χ0v) is 8.52. The lowest BCUT2D eigenvalue weighted by molar-refractivity contribution is 0.193. The minimum atomic E-state index is 0.307. The second-order valence-electron chi connectivity index (χ2n) is 4.02. The summed E-state index contributed by atoms with van der Waals surface area (Å²) in [5.41, 5.74) is 0. The molecule has 2 heterocycles. The molecule has 0 spiro atoms. The minimum Gasteiger partial charge on any atom is -0.468 e. The molecule has 2 atom stereocenters. The summed E-state index contributed by atoms with van der Waals surface area (Å²) in [5.74, 6) is 1.47. The van der Waals surface area contributed by atoms with Gasteiger partial charge in [-0.15, -0.1) is 0 Å². The van der Waals surface area contributed by atoms with Crippen molar-refractivity contribution in [3.8, 4) is 0 Å². The number of aliphatic hydroxyl groups excluding tert-OH is 1. The average molecular weight is 195 g/mol. The highest BCUT2D eigenvalue weighted by molar-refractivity contribution is 5.04. The highest BCUT2D eigenvalue weighted by Gasteiger charge is 2.27. The van der Waals surface area contributed by atoms with Crippen LogP contribution in [0, 0.1) is 5.92 Å². The summed E-state index contributed by atoms with van der Waals surface area (Å²) in [6.07, 6.45) is 2.81. The smallest absolute Gasteiger partial charge is 0.120 e. The maximum Gasteiger partial charge on any atom is 0.120 e. The second kappa shape index (κ2) is 4.15. The molecule has 1 fully saturated rings. The fourth-order valence-corrected chi connectivity index (χ4v) is 2.07. The van der Waals surface area contributed by atoms with Crippen LogP contribution < -0.4 is 0 Å². The van der Waals surface area contributed by atoms with E-state index in [1.54, 1.807) is 6.26 Å². The maximum atomic E-state index is 9.05. The lowest BCUT2D eigenvalue weighted by Crippen LogP contribution is -2.24. The Balaban J connectivity index is 1.97. The van der Waals surface area contributed by atoms with Gasteiger partial charge in [0.25, 0.3) is 0 Å². The molecule has 14 heavy (non-hydrogen) atoms. The number of likely N-dealkylation sites (tertiary alicyclic amines) is 1. The zero-order chi connectivity index (χ0) is 9.97. The molecule has 0 aliphatic carbocycles. The Morgan fingerprint density at radius 1 is 1.71 bits per heavy atom. The Labute approximate surface area is 84.3 Å². The van der Waals surface area contributed by atoms with Gasteiger partial charge in [0.2, 0.25) is 0 Å². The van der Waals surface area contributed by atoms with Gasteiger partial charge in [-0.1, -0.05) is 0 Å². The lowest BCUT2D eigenvalue weighted by atomic mass is 10.1. The molecule has 0 aromatic carbocycles. The van der Waals surface area contributed by atoms with Crippen molar-refractivity contribution in [2.45, 2.75) is 19.4 Å². The first-order chi connectivity index (χ1) is 6.81. The molecule has 0 amide bonds. The van der Waals surface area contributed by atoms with Crippen LogP contribution in [-0.2, 0) is 0 Å². The summed E-state index contributed by atoms with van der Waals surface area (Å²) >= 11 is 0. The highest BCUT2D eigenvalue weighted by Crippen LogP contribution is 2.27. The van der Waals surface area contributed by atoms with E-state index in [1.165, 1.54) is 0 Å². The Kier molecular flexibility index (Phi) is 2.89. The molecule has 3 heteroatoms. The number of hydrogen-bond donors (Lipinski definition) is 1. The number of hydrogen-bond acceptors (Lipinski definition) is 3. The van der Waals surface area contributed by atoms with Gasteiger partial charge in [-0.2, -0.15) is 0 Å². The third-order valence-corrected chi connectivity index (χ3v) is 3.08. The van der Waals surface area contributed by atoms with Crippen LogP contribution in [0.2, 0.25) is 0 Å². The van der Waals surface area contributed by atoms with E-state index < -0.39 is 0 Å². The van der Waals surface area contributed by atoms with Crippen LogP contribution in [0.3, 0.4) is 0 Å². The molecule has 0 unspecified atom stereocenters.